The maximum absolute atomic E-state index is 12.0. The summed E-state index contributed by atoms with van der Waals surface area (Å²) in [5.41, 5.74) is 3.00. The monoisotopic (exact) mass is 546 g/mol. The Morgan fingerprint density at radius 1 is 1.33 bits per heavy atom. The number of hydrogen-bond donors (Lipinski definition) is 2. The molecule has 1 atom stereocenters. The second kappa shape index (κ2) is 12.7. The summed E-state index contributed by atoms with van der Waals surface area (Å²) in [6.45, 7) is 8.71. The minimum absolute atomic E-state index is 0. The zero-order chi connectivity index (χ0) is 21.4. The fraction of sp³-hybridized carbons (Fsp3) is 0.476. The van der Waals surface area contributed by atoms with E-state index in [0.717, 1.165) is 29.3 Å². The SMILES string of the molecule is CCOC(=O)c1sc(C(C)NC(=NC)NCCc2ccc(C)c(OC)c2)nc1C.I. The molecule has 0 radical (unpaired) electrons. The molecule has 1 heterocycles. The van der Waals surface area contributed by atoms with Crippen LogP contribution in [0.2, 0.25) is 0 Å². The van der Waals surface area contributed by atoms with E-state index < -0.39 is 0 Å². The van der Waals surface area contributed by atoms with Gasteiger partial charge in [0.2, 0.25) is 0 Å². The number of carbonyl (C=O) groups is 1. The van der Waals surface area contributed by atoms with E-state index in [1.165, 1.54) is 16.9 Å². The van der Waals surface area contributed by atoms with E-state index in [1.807, 2.05) is 20.8 Å². The number of nitrogens with one attached hydrogen (secondary N) is 2. The molecular weight excluding hydrogens is 515 g/mol. The lowest BCUT2D eigenvalue weighted by atomic mass is 10.1. The van der Waals surface area contributed by atoms with Gasteiger partial charge in [-0.15, -0.1) is 35.3 Å². The maximum Gasteiger partial charge on any atom is 0.350 e. The van der Waals surface area contributed by atoms with Gasteiger partial charge in [-0.2, -0.15) is 0 Å². The molecule has 2 N–H and O–H groups in total. The third-order valence-electron chi connectivity index (χ3n) is 4.40. The molecule has 9 heteroatoms. The summed E-state index contributed by atoms with van der Waals surface area (Å²) >= 11 is 1.35. The van der Waals surface area contributed by atoms with Gasteiger partial charge in [-0.25, -0.2) is 9.78 Å². The Balaban J connectivity index is 0.00000450. The number of methoxy groups -OCH3 is 1. The smallest absolute Gasteiger partial charge is 0.350 e. The van der Waals surface area contributed by atoms with E-state index in [9.17, 15) is 4.79 Å². The summed E-state index contributed by atoms with van der Waals surface area (Å²) in [5.74, 6) is 1.26. The first-order chi connectivity index (χ1) is 13.9. The molecule has 30 heavy (non-hydrogen) atoms. The van der Waals surface area contributed by atoms with Gasteiger partial charge in [0.15, 0.2) is 5.96 Å². The predicted octanol–water partition coefficient (Wildman–Crippen LogP) is 4.03. The van der Waals surface area contributed by atoms with Crippen LogP contribution in [-0.2, 0) is 11.2 Å². The van der Waals surface area contributed by atoms with Gasteiger partial charge in [0.25, 0.3) is 0 Å². The number of hydrogen-bond acceptors (Lipinski definition) is 6. The molecule has 166 valence electrons. The summed E-state index contributed by atoms with van der Waals surface area (Å²) < 4.78 is 10.5. The van der Waals surface area contributed by atoms with Gasteiger partial charge in [0, 0.05) is 13.6 Å². The van der Waals surface area contributed by atoms with Crippen molar-refractivity contribution in [2.45, 2.75) is 40.2 Å². The molecule has 1 aromatic heterocycles. The Labute approximate surface area is 199 Å². The average Bonchev–Trinajstić information content (AvgIpc) is 3.10. The highest BCUT2D eigenvalue weighted by Gasteiger charge is 2.20. The molecule has 1 aromatic carbocycles. The molecule has 7 nitrogen and oxygen atoms in total. The molecule has 0 amide bonds. The maximum atomic E-state index is 12.0. The standard InChI is InChI=1S/C21H30N4O3S.HI/c1-7-28-20(26)18-14(3)24-19(29-18)15(4)25-21(22-5)23-11-10-16-9-8-13(2)17(12-16)27-6;/h8-9,12,15H,7,10-11H2,1-6H3,(H2,22,23,25);1H. The first kappa shape index (κ1) is 26.2. The minimum Gasteiger partial charge on any atom is -0.496 e. The van der Waals surface area contributed by atoms with Crippen molar-refractivity contribution in [1.29, 1.82) is 0 Å². The number of ether oxygens (including phenoxy) is 2. The predicted molar refractivity (Wildman–Crippen MR) is 133 cm³/mol. The van der Waals surface area contributed by atoms with Crippen molar-refractivity contribution in [3.8, 4) is 5.75 Å². The number of benzene rings is 1. The van der Waals surface area contributed by atoms with Crippen molar-refractivity contribution < 1.29 is 14.3 Å². The normalized spacial score (nSPS) is 12.0. The van der Waals surface area contributed by atoms with Crippen molar-refractivity contribution in [2.75, 3.05) is 27.3 Å². The van der Waals surface area contributed by atoms with E-state index in [2.05, 4.69) is 38.8 Å². The van der Waals surface area contributed by atoms with E-state index >= 15 is 0 Å². The van der Waals surface area contributed by atoms with E-state index in [1.54, 1.807) is 21.1 Å². The Kier molecular flexibility index (Phi) is 11.1. The second-order valence-electron chi connectivity index (χ2n) is 6.61. The van der Waals surface area contributed by atoms with Gasteiger partial charge in [0.05, 0.1) is 25.5 Å². The Morgan fingerprint density at radius 2 is 2.07 bits per heavy atom. The quantitative estimate of drug-likeness (QED) is 0.225. The highest BCUT2D eigenvalue weighted by molar-refractivity contribution is 14.0. The number of rotatable bonds is 8. The highest BCUT2D eigenvalue weighted by Crippen LogP contribution is 2.24. The summed E-state index contributed by atoms with van der Waals surface area (Å²) in [4.78, 5) is 21.3. The van der Waals surface area contributed by atoms with Gasteiger partial charge < -0.3 is 20.1 Å². The first-order valence-electron chi connectivity index (χ1n) is 9.64. The number of aromatic nitrogens is 1. The minimum atomic E-state index is -0.322. The summed E-state index contributed by atoms with van der Waals surface area (Å²) in [5, 5.41) is 7.46. The highest BCUT2D eigenvalue weighted by atomic mass is 127. The van der Waals surface area contributed by atoms with Gasteiger partial charge in [-0.1, -0.05) is 12.1 Å². The fourth-order valence-corrected chi connectivity index (χ4v) is 3.76. The molecule has 2 aromatic rings. The van der Waals surface area contributed by atoms with Crippen molar-refractivity contribution in [3.05, 3.63) is 44.9 Å². The number of thiazole rings is 1. The lowest BCUT2D eigenvalue weighted by Gasteiger charge is -2.16. The number of halogens is 1. The Morgan fingerprint density at radius 3 is 2.70 bits per heavy atom. The van der Waals surface area contributed by atoms with Crippen LogP contribution < -0.4 is 15.4 Å². The molecule has 0 saturated carbocycles. The Hall–Kier alpha value is -1.88. The molecular formula is C21H31IN4O3S. The largest absolute Gasteiger partial charge is 0.496 e. The van der Waals surface area contributed by atoms with E-state index in [0.29, 0.717) is 23.1 Å². The Bertz CT molecular complexity index is 870. The zero-order valence-electron chi connectivity index (χ0n) is 18.4. The number of carbonyl (C=O) groups excluding carboxylic acids is 1. The van der Waals surface area contributed by atoms with E-state index in [4.69, 9.17) is 9.47 Å². The summed E-state index contributed by atoms with van der Waals surface area (Å²) in [7, 11) is 3.42. The van der Waals surface area contributed by atoms with Gasteiger partial charge >= 0.3 is 5.97 Å². The molecule has 0 aliphatic carbocycles. The van der Waals surface area contributed by atoms with Crippen LogP contribution in [-0.4, -0.2) is 44.2 Å². The number of guanidine groups is 1. The molecule has 0 saturated heterocycles. The molecule has 0 aliphatic rings. The van der Waals surface area contributed by atoms with Crippen molar-refractivity contribution in [2.24, 2.45) is 4.99 Å². The van der Waals surface area contributed by atoms with Crippen LogP contribution in [0, 0.1) is 13.8 Å². The van der Waals surface area contributed by atoms with Crippen molar-refractivity contribution >= 4 is 47.2 Å². The molecule has 0 fully saturated rings. The van der Waals surface area contributed by atoms with Gasteiger partial charge in [-0.3, -0.25) is 4.99 Å². The third-order valence-corrected chi connectivity index (χ3v) is 5.72. The van der Waals surface area contributed by atoms with E-state index in [-0.39, 0.29) is 36.0 Å². The van der Waals surface area contributed by atoms with Crippen LogP contribution in [0.1, 0.15) is 51.4 Å². The van der Waals surface area contributed by atoms with Crippen LogP contribution in [0.5, 0.6) is 5.75 Å². The molecule has 2 rings (SSSR count). The number of nitrogens with zero attached hydrogens (tertiary/aromatic N) is 2. The lowest BCUT2D eigenvalue weighted by Crippen LogP contribution is -2.39. The zero-order valence-corrected chi connectivity index (χ0v) is 21.5. The fourth-order valence-electron chi connectivity index (χ4n) is 2.80. The van der Waals surface area contributed by atoms with Crippen LogP contribution >= 0.6 is 35.3 Å². The van der Waals surface area contributed by atoms with Crippen LogP contribution in [0.4, 0.5) is 0 Å². The first-order valence-corrected chi connectivity index (χ1v) is 10.5. The van der Waals surface area contributed by atoms with Crippen molar-refractivity contribution in [1.82, 2.24) is 15.6 Å². The average molecular weight is 546 g/mol. The number of aliphatic imine (C=N–C) groups is 1. The van der Waals surface area contributed by atoms with Crippen LogP contribution in [0.25, 0.3) is 0 Å². The molecule has 0 bridgehead atoms. The van der Waals surface area contributed by atoms with Crippen LogP contribution in [0.3, 0.4) is 0 Å². The topological polar surface area (TPSA) is 84.8 Å². The van der Waals surface area contributed by atoms with Gasteiger partial charge in [0.1, 0.15) is 15.6 Å². The number of esters is 1. The molecule has 0 spiro atoms. The van der Waals surface area contributed by atoms with Gasteiger partial charge in [-0.05, 0) is 51.3 Å². The summed E-state index contributed by atoms with van der Waals surface area (Å²) in [6, 6.07) is 6.14. The molecule has 1 unspecified atom stereocenters. The third kappa shape index (κ3) is 7.12. The molecule has 0 aliphatic heterocycles. The second-order valence-corrected chi connectivity index (χ2v) is 7.64. The lowest BCUT2D eigenvalue weighted by molar-refractivity contribution is 0.0531. The van der Waals surface area contributed by atoms with Crippen molar-refractivity contribution in [3.63, 3.8) is 0 Å². The number of aryl methyl sites for hydroxylation is 2. The summed E-state index contributed by atoms with van der Waals surface area (Å²) in [6.07, 6.45) is 0.842. The van der Waals surface area contributed by atoms with Crippen LogP contribution in [0.15, 0.2) is 23.2 Å².